The number of hydrogen-bond donors (Lipinski definition) is 0. The smallest absolute Gasteiger partial charge is 0.289 e. The van der Waals surface area contributed by atoms with Crippen molar-refractivity contribution >= 4 is 32.6 Å². The second-order valence-electron chi connectivity index (χ2n) is 5.75. The Morgan fingerprint density at radius 1 is 1.25 bits per heavy atom. The summed E-state index contributed by atoms with van der Waals surface area (Å²) in [5.41, 5.74) is 0.808. The summed E-state index contributed by atoms with van der Waals surface area (Å²) in [6, 6.07) is 4.64. The predicted octanol–water partition coefficient (Wildman–Crippen LogP) is 2.13. The molecule has 2 aromatic heterocycles. The molecule has 0 saturated carbocycles. The van der Waals surface area contributed by atoms with Crippen molar-refractivity contribution in [2.24, 2.45) is 7.05 Å². The van der Waals surface area contributed by atoms with Gasteiger partial charge < -0.3 is 14.4 Å². The Bertz CT molecular complexity index is 897. The number of aryl methyl sites for hydroxylation is 1. The highest BCUT2D eigenvalue weighted by Crippen LogP contribution is 2.29. The molecule has 0 N–H and O–H groups in total. The standard InChI is InChI=1S/C16H16FN5OS/c1-20-5-4-18-14(20)15(23)21-6-8-22(9-7-21)16-19-12-3-2-11(17)10-13(12)24-16/h2-5,10H,6-9H2,1H3. The maximum atomic E-state index is 13.3. The first-order valence-corrected chi connectivity index (χ1v) is 8.51. The van der Waals surface area contributed by atoms with Crippen molar-refractivity contribution < 1.29 is 9.18 Å². The second kappa shape index (κ2) is 5.86. The third-order valence-corrected chi connectivity index (χ3v) is 5.27. The van der Waals surface area contributed by atoms with E-state index in [2.05, 4.69) is 14.9 Å². The zero-order valence-corrected chi connectivity index (χ0v) is 14.0. The van der Waals surface area contributed by atoms with E-state index in [9.17, 15) is 9.18 Å². The number of amides is 1. The molecule has 0 spiro atoms. The zero-order chi connectivity index (χ0) is 16.7. The summed E-state index contributed by atoms with van der Waals surface area (Å²) in [5.74, 6) is 0.163. The van der Waals surface area contributed by atoms with E-state index in [-0.39, 0.29) is 11.7 Å². The van der Waals surface area contributed by atoms with Crippen molar-refractivity contribution in [2.45, 2.75) is 0 Å². The molecule has 1 amide bonds. The van der Waals surface area contributed by atoms with Crippen LogP contribution in [0.2, 0.25) is 0 Å². The molecule has 1 saturated heterocycles. The van der Waals surface area contributed by atoms with E-state index in [1.165, 1.54) is 23.5 Å². The van der Waals surface area contributed by atoms with Crippen molar-refractivity contribution in [1.82, 2.24) is 19.4 Å². The summed E-state index contributed by atoms with van der Waals surface area (Å²) in [4.78, 5) is 25.1. The fourth-order valence-corrected chi connectivity index (χ4v) is 3.88. The van der Waals surface area contributed by atoms with Gasteiger partial charge in [0.05, 0.1) is 10.2 Å². The Labute approximate surface area is 142 Å². The fraction of sp³-hybridized carbons (Fsp3) is 0.312. The van der Waals surface area contributed by atoms with Gasteiger partial charge >= 0.3 is 0 Å². The predicted molar refractivity (Wildman–Crippen MR) is 90.9 cm³/mol. The van der Waals surface area contributed by atoms with Gasteiger partial charge in [-0.2, -0.15) is 0 Å². The lowest BCUT2D eigenvalue weighted by molar-refractivity contribution is 0.0731. The van der Waals surface area contributed by atoms with Gasteiger partial charge in [-0.1, -0.05) is 11.3 Å². The van der Waals surface area contributed by atoms with Crippen molar-refractivity contribution in [3.05, 3.63) is 42.2 Å². The van der Waals surface area contributed by atoms with Crippen LogP contribution < -0.4 is 4.90 Å². The van der Waals surface area contributed by atoms with Gasteiger partial charge in [0.15, 0.2) is 11.0 Å². The topological polar surface area (TPSA) is 54.3 Å². The van der Waals surface area contributed by atoms with Gasteiger partial charge in [0.25, 0.3) is 5.91 Å². The number of thiazole rings is 1. The molecular formula is C16H16FN5OS. The highest BCUT2D eigenvalue weighted by atomic mass is 32.1. The molecule has 1 aromatic carbocycles. The van der Waals surface area contributed by atoms with E-state index in [1.54, 1.807) is 23.0 Å². The summed E-state index contributed by atoms with van der Waals surface area (Å²) < 4.78 is 15.9. The summed E-state index contributed by atoms with van der Waals surface area (Å²) in [7, 11) is 1.82. The van der Waals surface area contributed by atoms with Crippen LogP contribution in [0.4, 0.5) is 9.52 Å². The fourth-order valence-electron chi connectivity index (χ4n) is 2.84. The summed E-state index contributed by atoms with van der Waals surface area (Å²) in [6.07, 6.45) is 3.40. The van der Waals surface area contributed by atoms with Crippen molar-refractivity contribution in [2.75, 3.05) is 31.1 Å². The molecule has 1 fully saturated rings. The van der Waals surface area contributed by atoms with Crippen LogP contribution in [0.15, 0.2) is 30.6 Å². The van der Waals surface area contributed by atoms with Crippen LogP contribution in [0.5, 0.6) is 0 Å². The molecule has 0 bridgehead atoms. The molecule has 8 heteroatoms. The van der Waals surface area contributed by atoms with Gasteiger partial charge in [0.1, 0.15) is 5.82 Å². The number of halogens is 1. The van der Waals surface area contributed by atoms with Crippen molar-refractivity contribution in [3.63, 3.8) is 0 Å². The number of benzene rings is 1. The summed E-state index contributed by atoms with van der Waals surface area (Å²) in [6.45, 7) is 2.66. The first-order chi connectivity index (χ1) is 11.6. The van der Waals surface area contributed by atoms with Crippen LogP contribution in [-0.4, -0.2) is 51.5 Å². The molecule has 0 unspecified atom stereocenters. The van der Waals surface area contributed by atoms with Crippen molar-refractivity contribution in [3.8, 4) is 0 Å². The minimum atomic E-state index is -0.247. The summed E-state index contributed by atoms with van der Waals surface area (Å²) in [5, 5.41) is 0.875. The lowest BCUT2D eigenvalue weighted by Gasteiger charge is -2.34. The van der Waals surface area contributed by atoms with Gasteiger partial charge in [-0.25, -0.2) is 14.4 Å². The minimum absolute atomic E-state index is 0.0477. The molecule has 4 rings (SSSR count). The Kier molecular flexibility index (Phi) is 3.68. The molecule has 6 nitrogen and oxygen atoms in total. The Morgan fingerprint density at radius 2 is 2.04 bits per heavy atom. The Balaban J connectivity index is 1.47. The largest absolute Gasteiger partial charge is 0.345 e. The van der Waals surface area contributed by atoms with Gasteiger partial charge in [-0.05, 0) is 18.2 Å². The molecular weight excluding hydrogens is 329 g/mol. The number of fused-ring (bicyclic) bond motifs is 1. The van der Waals surface area contributed by atoms with Crippen molar-refractivity contribution in [1.29, 1.82) is 0 Å². The van der Waals surface area contributed by atoms with Crippen LogP contribution in [0.1, 0.15) is 10.6 Å². The number of imidazole rings is 1. The molecule has 0 aliphatic carbocycles. The van der Waals surface area contributed by atoms with Crippen LogP contribution in [0.25, 0.3) is 10.2 Å². The van der Waals surface area contributed by atoms with Crippen LogP contribution in [-0.2, 0) is 7.05 Å². The van der Waals surface area contributed by atoms with E-state index in [0.717, 1.165) is 15.3 Å². The highest BCUT2D eigenvalue weighted by molar-refractivity contribution is 7.22. The van der Waals surface area contributed by atoms with Crippen LogP contribution >= 0.6 is 11.3 Å². The van der Waals surface area contributed by atoms with E-state index < -0.39 is 0 Å². The number of aromatic nitrogens is 3. The Hall–Kier alpha value is -2.48. The maximum absolute atomic E-state index is 13.3. The third-order valence-electron chi connectivity index (χ3n) is 4.19. The number of rotatable bonds is 2. The molecule has 1 aliphatic heterocycles. The minimum Gasteiger partial charge on any atom is -0.345 e. The van der Waals surface area contributed by atoms with E-state index in [1.807, 2.05) is 11.9 Å². The van der Waals surface area contributed by atoms with Gasteiger partial charge in [0.2, 0.25) is 0 Å². The average molecular weight is 345 g/mol. The van der Waals surface area contributed by atoms with E-state index in [0.29, 0.717) is 32.0 Å². The number of anilines is 1. The quantitative estimate of drug-likeness (QED) is 0.714. The first-order valence-electron chi connectivity index (χ1n) is 7.69. The van der Waals surface area contributed by atoms with E-state index >= 15 is 0 Å². The van der Waals surface area contributed by atoms with E-state index in [4.69, 9.17) is 0 Å². The lowest BCUT2D eigenvalue weighted by atomic mass is 10.3. The number of hydrogen-bond acceptors (Lipinski definition) is 5. The number of piperazine rings is 1. The molecule has 3 aromatic rings. The normalized spacial score (nSPS) is 15.2. The van der Waals surface area contributed by atoms with Gasteiger partial charge in [-0.3, -0.25) is 4.79 Å². The first kappa shape index (κ1) is 15.1. The lowest BCUT2D eigenvalue weighted by Crippen LogP contribution is -2.49. The number of carbonyl (C=O) groups excluding carboxylic acids is 1. The summed E-state index contributed by atoms with van der Waals surface area (Å²) >= 11 is 1.48. The number of nitrogens with zero attached hydrogens (tertiary/aromatic N) is 5. The third kappa shape index (κ3) is 2.62. The molecule has 0 radical (unpaired) electrons. The molecule has 24 heavy (non-hydrogen) atoms. The SMILES string of the molecule is Cn1ccnc1C(=O)N1CCN(c2nc3ccc(F)cc3s2)CC1. The molecule has 1 aliphatic rings. The monoisotopic (exact) mass is 345 g/mol. The molecule has 3 heterocycles. The zero-order valence-electron chi connectivity index (χ0n) is 13.1. The van der Waals surface area contributed by atoms with Crippen LogP contribution in [0.3, 0.4) is 0 Å². The number of carbonyl (C=O) groups is 1. The van der Waals surface area contributed by atoms with Gasteiger partial charge in [0, 0.05) is 45.6 Å². The van der Waals surface area contributed by atoms with Gasteiger partial charge in [-0.15, -0.1) is 0 Å². The second-order valence-corrected chi connectivity index (χ2v) is 6.76. The molecule has 0 atom stereocenters. The molecule has 124 valence electrons. The highest BCUT2D eigenvalue weighted by Gasteiger charge is 2.25. The van der Waals surface area contributed by atoms with Crippen LogP contribution in [0, 0.1) is 5.82 Å². The Morgan fingerprint density at radius 3 is 2.75 bits per heavy atom. The maximum Gasteiger partial charge on any atom is 0.289 e. The average Bonchev–Trinajstić information content (AvgIpc) is 3.20.